The van der Waals surface area contributed by atoms with Crippen LogP contribution in [-0.2, 0) is 12.4 Å². The maximum absolute atomic E-state index is 12.7. The molecule has 0 fully saturated rings. The van der Waals surface area contributed by atoms with Crippen LogP contribution in [0, 0.1) is 0 Å². The highest BCUT2D eigenvalue weighted by Crippen LogP contribution is 2.38. The summed E-state index contributed by atoms with van der Waals surface area (Å²) in [6, 6.07) is -0.583. The number of aliphatic hydroxyl groups excluding tert-OH is 1. The maximum Gasteiger partial charge on any atom is 0.416 e. The molecule has 0 aromatic heterocycles. The highest BCUT2D eigenvalue weighted by Gasteiger charge is 2.38. The number of halogens is 7. The lowest BCUT2D eigenvalue weighted by atomic mass is 9.95. The Balaban J connectivity index is 0.00000361. The number of alkyl halides is 6. The first-order valence-electron chi connectivity index (χ1n) is 5.16. The summed E-state index contributed by atoms with van der Waals surface area (Å²) in [6.07, 6.45) is -11.0. The van der Waals surface area contributed by atoms with Crippen LogP contribution in [0.1, 0.15) is 29.7 Å². The molecule has 1 aromatic carbocycles. The summed E-state index contributed by atoms with van der Waals surface area (Å²) < 4.78 is 75.5. The van der Waals surface area contributed by atoms with Crippen molar-refractivity contribution >= 4 is 12.4 Å². The van der Waals surface area contributed by atoms with Gasteiger partial charge in [-0.1, -0.05) is 0 Å². The fourth-order valence-corrected chi connectivity index (χ4v) is 1.53. The van der Waals surface area contributed by atoms with Crippen LogP contribution >= 0.6 is 12.4 Å². The topological polar surface area (TPSA) is 46.2 Å². The lowest BCUT2D eigenvalue weighted by molar-refractivity contribution is -0.142. The Kier molecular flexibility index (Phi) is 5.89. The molecule has 9 heteroatoms. The van der Waals surface area contributed by atoms with Gasteiger partial charge in [0.2, 0.25) is 0 Å². The SMILES string of the molecule is C[C@@H](O)[C@@H](N)c1cc(C(F)(F)F)ccc1C(F)(F)F.Cl. The summed E-state index contributed by atoms with van der Waals surface area (Å²) in [5.41, 5.74) is 2.02. The highest BCUT2D eigenvalue weighted by molar-refractivity contribution is 5.85. The van der Waals surface area contributed by atoms with E-state index in [1.54, 1.807) is 0 Å². The lowest BCUT2D eigenvalue weighted by Crippen LogP contribution is -2.27. The van der Waals surface area contributed by atoms with Gasteiger partial charge in [-0.05, 0) is 30.7 Å². The summed E-state index contributed by atoms with van der Waals surface area (Å²) in [4.78, 5) is 0. The average Bonchev–Trinajstić information content (AvgIpc) is 2.24. The molecule has 0 unspecified atom stereocenters. The zero-order chi connectivity index (χ0) is 15.0. The first-order chi connectivity index (χ1) is 8.44. The molecule has 1 aromatic rings. The molecule has 0 aliphatic heterocycles. The van der Waals surface area contributed by atoms with E-state index in [1.165, 1.54) is 0 Å². The summed E-state index contributed by atoms with van der Waals surface area (Å²) >= 11 is 0. The molecule has 0 saturated heterocycles. The quantitative estimate of drug-likeness (QED) is 0.818. The van der Waals surface area contributed by atoms with Gasteiger partial charge in [-0.3, -0.25) is 0 Å². The van der Waals surface area contributed by atoms with Crippen molar-refractivity contribution in [2.45, 2.75) is 31.4 Å². The Morgan fingerprint density at radius 2 is 1.55 bits per heavy atom. The molecule has 1 rings (SSSR count). The molecule has 0 heterocycles. The molecule has 20 heavy (non-hydrogen) atoms. The Bertz CT molecular complexity index is 457. The van der Waals surface area contributed by atoms with Gasteiger partial charge in [0, 0.05) is 0 Å². The number of rotatable bonds is 2. The van der Waals surface area contributed by atoms with Crippen LogP contribution in [0.3, 0.4) is 0 Å². The van der Waals surface area contributed by atoms with Crippen LogP contribution < -0.4 is 5.73 Å². The van der Waals surface area contributed by atoms with Gasteiger partial charge < -0.3 is 10.8 Å². The van der Waals surface area contributed by atoms with Gasteiger partial charge in [0.15, 0.2) is 0 Å². The number of hydrogen-bond acceptors (Lipinski definition) is 2. The van der Waals surface area contributed by atoms with Crippen molar-refractivity contribution in [3.63, 3.8) is 0 Å². The summed E-state index contributed by atoms with van der Waals surface area (Å²) in [7, 11) is 0. The van der Waals surface area contributed by atoms with E-state index in [0.717, 1.165) is 6.92 Å². The lowest BCUT2D eigenvalue weighted by Gasteiger charge is -2.22. The molecule has 0 amide bonds. The first-order valence-corrected chi connectivity index (χ1v) is 5.16. The van der Waals surface area contributed by atoms with E-state index in [0.29, 0.717) is 18.2 Å². The summed E-state index contributed by atoms with van der Waals surface area (Å²) in [5.74, 6) is 0. The number of benzene rings is 1. The molecule has 0 spiro atoms. The third-order valence-electron chi connectivity index (χ3n) is 2.56. The second-order valence-electron chi connectivity index (χ2n) is 4.06. The molecule has 0 aliphatic carbocycles. The van der Waals surface area contributed by atoms with Gasteiger partial charge in [0.05, 0.1) is 23.3 Å². The van der Waals surface area contributed by atoms with Crippen molar-refractivity contribution in [1.82, 2.24) is 0 Å². The minimum Gasteiger partial charge on any atom is -0.391 e. The first kappa shape index (κ1) is 19.0. The second kappa shape index (κ2) is 6.19. The Morgan fingerprint density at radius 1 is 1.05 bits per heavy atom. The van der Waals surface area contributed by atoms with E-state index in [4.69, 9.17) is 5.73 Å². The van der Waals surface area contributed by atoms with E-state index in [2.05, 4.69) is 0 Å². The molecule has 2 atom stereocenters. The molecule has 0 aliphatic rings. The zero-order valence-electron chi connectivity index (χ0n) is 10.1. The van der Waals surface area contributed by atoms with Crippen molar-refractivity contribution in [3.05, 3.63) is 34.9 Å². The standard InChI is InChI=1S/C11H11F6NO.ClH/c1-5(19)9(18)7-4-6(10(12,13)14)2-3-8(7)11(15,16)17;/h2-5,9,19H,18H2,1H3;1H/t5-,9-;/m1./s1. The smallest absolute Gasteiger partial charge is 0.391 e. The van der Waals surface area contributed by atoms with Crippen LogP contribution in [0.25, 0.3) is 0 Å². The van der Waals surface area contributed by atoms with Gasteiger partial charge in [-0.15, -0.1) is 12.4 Å². The molecule has 3 N–H and O–H groups in total. The number of hydrogen-bond donors (Lipinski definition) is 2. The minimum absolute atomic E-state index is 0. The third-order valence-corrected chi connectivity index (χ3v) is 2.56. The Labute approximate surface area is 117 Å². The van der Waals surface area contributed by atoms with Gasteiger partial charge >= 0.3 is 12.4 Å². The molecule has 116 valence electrons. The van der Waals surface area contributed by atoms with Crippen LogP contribution in [0.5, 0.6) is 0 Å². The van der Waals surface area contributed by atoms with Crippen molar-refractivity contribution in [3.8, 4) is 0 Å². The number of aliphatic hydroxyl groups is 1. The molecule has 0 radical (unpaired) electrons. The predicted octanol–water partition coefficient (Wildman–Crippen LogP) is 3.53. The number of nitrogens with two attached hydrogens (primary N) is 1. The largest absolute Gasteiger partial charge is 0.416 e. The van der Waals surface area contributed by atoms with Crippen molar-refractivity contribution in [1.29, 1.82) is 0 Å². The van der Waals surface area contributed by atoms with Crippen LogP contribution in [0.4, 0.5) is 26.3 Å². The molecule has 0 bridgehead atoms. The van der Waals surface area contributed by atoms with Crippen molar-refractivity contribution in [2.75, 3.05) is 0 Å². The Morgan fingerprint density at radius 3 is 1.90 bits per heavy atom. The third kappa shape index (κ3) is 4.26. The van der Waals surface area contributed by atoms with E-state index >= 15 is 0 Å². The maximum atomic E-state index is 12.7. The van der Waals surface area contributed by atoms with Gasteiger partial charge in [0.25, 0.3) is 0 Å². The highest BCUT2D eigenvalue weighted by atomic mass is 35.5. The van der Waals surface area contributed by atoms with Crippen LogP contribution in [0.2, 0.25) is 0 Å². The van der Waals surface area contributed by atoms with Gasteiger partial charge in [0.1, 0.15) is 0 Å². The molecular formula is C11H12ClF6NO. The van der Waals surface area contributed by atoms with Gasteiger partial charge in [-0.25, -0.2) is 0 Å². The monoisotopic (exact) mass is 323 g/mol. The summed E-state index contributed by atoms with van der Waals surface area (Å²) in [5, 5.41) is 9.18. The molecule has 0 saturated carbocycles. The second-order valence-corrected chi connectivity index (χ2v) is 4.06. The summed E-state index contributed by atoms with van der Waals surface area (Å²) in [6.45, 7) is 1.10. The van der Waals surface area contributed by atoms with Crippen molar-refractivity contribution in [2.24, 2.45) is 5.73 Å². The van der Waals surface area contributed by atoms with E-state index < -0.39 is 41.2 Å². The fraction of sp³-hybridized carbons (Fsp3) is 0.455. The predicted molar refractivity (Wildman–Crippen MR) is 62.3 cm³/mol. The zero-order valence-corrected chi connectivity index (χ0v) is 10.9. The normalized spacial score (nSPS) is 15.4. The Hall–Kier alpha value is -0.990. The van der Waals surface area contributed by atoms with Crippen LogP contribution in [-0.4, -0.2) is 11.2 Å². The fourth-order valence-electron chi connectivity index (χ4n) is 1.53. The van der Waals surface area contributed by atoms with Gasteiger partial charge in [-0.2, -0.15) is 26.3 Å². The molecular weight excluding hydrogens is 312 g/mol. The average molecular weight is 324 g/mol. The van der Waals surface area contributed by atoms with Crippen molar-refractivity contribution < 1.29 is 31.4 Å². The molecule has 2 nitrogen and oxygen atoms in total. The van der Waals surface area contributed by atoms with E-state index in [1.807, 2.05) is 0 Å². The van der Waals surface area contributed by atoms with E-state index in [-0.39, 0.29) is 12.4 Å². The minimum atomic E-state index is -4.84. The van der Waals surface area contributed by atoms with Crippen LogP contribution in [0.15, 0.2) is 18.2 Å². The van der Waals surface area contributed by atoms with E-state index in [9.17, 15) is 31.4 Å².